The third-order valence-corrected chi connectivity index (χ3v) is 6.00. The lowest BCUT2D eigenvalue weighted by atomic mass is 10.2. The number of hydrogen-bond donors (Lipinski definition) is 0. The number of methoxy groups -OCH3 is 1. The van der Waals surface area contributed by atoms with Crippen LogP contribution in [0.25, 0.3) is 0 Å². The molecule has 0 aromatic heterocycles. The molecule has 0 aliphatic rings. The Bertz CT molecular complexity index is 462. The predicted molar refractivity (Wildman–Crippen MR) is 96.5 cm³/mol. The molecule has 0 atom stereocenters. The van der Waals surface area contributed by atoms with Crippen LogP contribution in [-0.2, 0) is 9.53 Å². The maximum absolute atomic E-state index is 11.1. The fraction of sp³-hybridized carbons (Fsp3) is 0.647. The summed E-state index contributed by atoms with van der Waals surface area (Å²) in [5.41, 5.74) is 6.75. The van der Waals surface area contributed by atoms with Crippen LogP contribution in [0.2, 0.25) is 39.3 Å². The Kier molecular flexibility index (Phi) is 8.65. The molecular formula is C17H30O2Si2. The van der Waals surface area contributed by atoms with E-state index in [4.69, 9.17) is 0 Å². The SMILES string of the molecule is COC(=O)CC=C=C(CCCC#C[Si](C)(C)C)[Si](C)(C)C. The zero-order chi connectivity index (χ0) is 16.5. The van der Waals surface area contributed by atoms with E-state index >= 15 is 0 Å². The molecule has 0 unspecified atom stereocenters. The Balaban J connectivity index is 4.63. The zero-order valence-corrected chi connectivity index (χ0v) is 16.7. The summed E-state index contributed by atoms with van der Waals surface area (Å²) >= 11 is 0. The van der Waals surface area contributed by atoms with Crippen LogP contribution in [0.3, 0.4) is 0 Å². The summed E-state index contributed by atoms with van der Waals surface area (Å²) in [5, 5.41) is 1.38. The first-order valence-electron chi connectivity index (χ1n) is 7.57. The summed E-state index contributed by atoms with van der Waals surface area (Å²) < 4.78 is 4.64. The van der Waals surface area contributed by atoms with Crippen molar-refractivity contribution in [2.75, 3.05) is 7.11 Å². The summed E-state index contributed by atoms with van der Waals surface area (Å²) in [4.78, 5) is 11.1. The van der Waals surface area contributed by atoms with Gasteiger partial charge in [-0.25, -0.2) is 0 Å². The molecule has 0 aromatic carbocycles. The Morgan fingerprint density at radius 2 is 1.76 bits per heavy atom. The number of ether oxygens (including phenoxy) is 1. The number of carbonyl (C=O) groups is 1. The molecule has 0 aliphatic carbocycles. The number of hydrogen-bond acceptors (Lipinski definition) is 2. The number of esters is 1. The fourth-order valence-electron chi connectivity index (χ4n) is 1.69. The van der Waals surface area contributed by atoms with Gasteiger partial charge in [0.05, 0.1) is 21.6 Å². The van der Waals surface area contributed by atoms with Crippen LogP contribution in [0.15, 0.2) is 17.0 Å². The van der Waals surface area contributed by atoms with Gasteiger partial charge in [0.2, 0.25) is 0 Å². The van der Waals surface area contributed by atoms with E-state index in [1.54, 1.807) is 0 Å². The highest BCUT2D eigenvalue weighted by Gasteiger charge is 2.18. The van der Waals surface area contributed by atoms with Gasteiger partial charge in [0, 0.05) is 6.42 Å². The fourth-order valence-corrected chi connectivity index (χ4v) is 3.80. The summed E-state index contributed by atoms with van der Waals surface area (Å²) in [6.45, 7) is 13.7. The molecule has 0 saturated carbocycles. The van der Waals surface area contributed by atoms with Crippen molar-refractivity contribution in [1.29, 1.82) is 0 Å². The van der Waals surface area contributed by atoms with Gasteiger partial charge in [-0.05, 0) is 24.1 Å². The summed E-state index contributed by atoms with van der Waals surface area (Å²) in [7, 11) is -1.21. The Hall–Kier alpha value is -1.02. The van der Waals surface area contributed by atoms with Gasteiger partial charge in [0.1, 0.15) is 8.07 Å². The predicted octanol–water partition coefficient (Wildman–Crippen LogP) is 4.56. The van der Waals surface area contributed by atoms with Crippen molar-refractivity contribution in [2.24, 2.45) is 0 Å². The molecule has 0 aromatic rings. The van der Waals surface area contributed by atoms with Gasteiger partial charge < -0.3 is 4.74 Å². The highest BCUT2D eigenvalue weighted by molar-refractivity contribution is 6.84. The van der Waals surface area contributed by atoms with Crippen molar-refractivity contribution in [1.82, 2.24) is 0 Å². The quantitative estimate of drug-likeness (QED) is 0.236. The lowest BCUT2D eigenvalue weighted by Gasteiger charge is -2.18. The molecule has 0 heterocycles. The van der Waals surface area contributed by atoms with E-state index in [9.17, 15) is 4.79 Å². The van der Waals surface area contributed by atoms with Crippen molar-refractivity contribution >= 4 is 22.1 Å². The van der Waals surface area contributed by atoms with Gasteiger partial charge in [0.25, 0.3) is 0 Å². The molecule has 21 heavy (non-hydrogen) atoms. The lowest BCUT2D eigenvalue weighted by Crippen LogP contribution is -2.23. The molecule has 118 valence electrons. The molecule has 0 rings (SSSR count). The van der Waals surface area contributed by atoms with Gasteiger partial charge >= 0.3 is 5.97 Å². The number of unbranched alkanes of at least 4 members (excludes halogenated alkanes) is 1. The van der Waals surface area contributed by atoms with Crippen molar-refractivity contribution < 1.29 is 9.53 Å². The normalized spacial score (nSPS) is 11.0. The van der Waals surface area contributed by atoms with Crippen molar-refractivity contribution in [3.63, 3.8) is 0 Å². The maximum Gasteiger partial charge on any atom is 0.309 e. The third-order valence-electron chi connectivity index (χ3n) is 2.87. The van der Waals surface area contributed by atoms with E-state index in [2.05, 4.69) is 61.2 Å². The average molecular weight is 323 g/mol. The second-order valence-electron chi connectivity index (χ2n) is 7.26. The Morgan fingerprint density at radius 3 is 2.24 bits per heavy atom. The van der Waals surface area contributed by atoms with Crippen LogP contribution in [-0.4, -0.2) is 29.2 Å². The summed E-state index contributed by atoms with van der Waals surface area (Å²) in [6.07, 6.45) is 5.19. The van der Waals surface area contributed by atoms with E-state index < -0.39 is 16.1 Å². The Morgan fingerprint density at radius 1 is 1.14 bits per heavy atom. The molecule has 0 N–H and O–H groups in total. The van der Waals surface area contributed by atoms with Crippen LogP contribution in [0.1, 0.15) is 25.7 Å². The molecule has 0 bridgehead atoms. The monoisotopic (exact) mass is 322 g/mol. The second kappa shape index (κ2) is 9.09. The maximum atomic E-state index is 11.1. The first kappa shape index (κ1) is 20.0. The molecule has 0 aliphatic heterocycles. The van der Waals surface area contributed by atoms with Crippen LogP contribution >= 0.6 is 0 Å². The van der Waals surface area contributed by atoms with Gasteiger partial charge in [-0.15, -0.1) is 17.2 Å². The van der Waals surface area contributed by atoms with Gasteiger partial charge in [-0.2, -0.15) is 0 Å². The molecule has 0 amide bonds. The van der Waals surface area contributed by atoms with E-state index in [-0.39, 0.29) is 5.97 Å². The van der Waals surface area contributed by atoms with E-state index in [1.165, 1.54) is 12.3 Å². The van der Waals surface area contributed by atoms with E-state index in [1.807, 2.05) is 6.08 Å². The van der Waals surface area contributed by atoms with Crippen molar-refractivity contribution in [3.8, 4) is 11.5 Å². The van der Waals surface area contributed by atoms with Gasteiger partial charge in [-0.1, -0.05) is 39.3 Å². The molecule has 0 saturated heterocycles. The standard InChI is InChI=1S/C17H30O2Si2/c1-19-17(18)14-11-13-16(21(5,6)7)12-9-8-10-15-20(2,3)4/h11H,8-9,12,14H2,1-7H3. The highest BCUT2D eigenvalue weighted by Crippen LogP contribution is 2.19. The second-order valence-corrected chi connectivity index (χ2v) is 17.1. The van der Waals surface area contributed by atoms with Gasteiger partial charge in [-0.3, -0.25) is 4.79 Å². The molecule has 2 nitrogen and oxygen atoms in total. The molecular weight excluding hydrogens is 292 g/mol. The van der Waals surface area contributed by atoms with Crippen LogP contribution < -0.4 is 0 Å². The largest absolute Gasteiger partial charge is 0.469 e. The van der Waals surface area contributed by atoms with Crippen molar-refractivity contribution in [2.45, 2.75) is 65.0 Å². The minimum absolute atomic E-state index is 0.210. The molecule has 4 heteroatoms. The first-order chi connectivity index (χ1) is 9.56. The molecule has 0 fully saturated rings. The molecule has 0 spiro atoms. The van der Waals surface area contributed by atoms with Crippen molar-refractivity contribution in [3.05, 3.63) is 17.0 Å². The summed E-state index contributed by atoms with van der Waals surface area (Å²) in [5.74, 6) is 3.11. The third kappa shape index (κ3) is 11.3. The highest BCUT2D eigenvalue weighted by atomic mass is 28.3. The van der Waals surface area contributed by atoms with Crippen LogP contribution in [0, 0.1) is 11.5 Å². The first-order valence-corrected chi connectivity index (χ1v) is 14.6. The lowest BCUT2D eigenvalue weighted by molar-refractivity contribution is -0.139. The summed E-state index contributed by atoms with van der Waals surface area (Å²) in [6, 6.07) is 0. The van der Waals surface area contributed by atoms with Gasteiger partial charge in [0.15, 0.2) is 0 Å². The average Bonchev–Trinajstić information content (AvgIpc) is 2.33. The smallest absolute Gasteiger partial charge is 0.309 e. The number of rotatable bonds is 6. The molecule has 0 radical (unpaired) electrons. The number of carbonyl (C=O) groups excluding carboxylic acids is 1. The van der Waals surface area contributed by atoms with E-state index in [0.717, 1.165) is 19.3 Å². The minimum Gasteiger partial charge on any atom is -0.469 e. The minimum atomic E-state index is -1.38. The van der Waals surface area contributed by atoms with Crippen LogP contribution in [0.4, 0.5) is 0 Å². The zero-order valence-electron chi connectivity index (χ0n) is 14.7. The van der Waals surface area contributed by atoms with Crippen LogP contribution in [0.5, 0.6) is 0 Å². The Labute approximate surface area is 132 Å². The van der Waals surface area contributed by atoms with E-state index in [0.29, 0.717) is 6.42 Å². The topological polar surface area (TPSA) is 26.3 Å².